The van der Waals surface area contributed by atoms with Crippen LogP contribution in [-0.2, 0) is 6.18 Å². The zero-order valence-electron chi connectivity index (χ0n) is 14.6. The van der Waals surface area contributed by atoms with E-state index in [1.165, 1.54) is 18.0 Å². The SMILES string of the molecule is CN(C(=O)Oc1ccc(Cl)c(C(F)(F)F)c1)c1cccc(-c2cccnc2)c1. The third-order valence-electron chi connectivity index (χ3n) is 3.95. The average molecular weight is 407 g/mol. The number of amides is 1. The lowest BCUT2D eigenvalue weighted by atomic mass is 10.1. The van der Waals surface area contributed by atoms with Crippen molar-refractivity contribution in [3.63, 3.8) is 0 Å². The Bertz CT molecular complexity index is 994. The third-order valence-corrected chi connectivity index (χ3v) is 4.28. The first-order valence-electron chi connectivity index (χ1n) is 8.08. The molecular formula is C20H14ClF3N2O2. The summed E-state index contributed by atoms with van der Waals surface area (Å²) in [5.41, 5.74) is 1.13. The van der Waals surface area contributed by atoms with Crippen LogP contribution in [0.1, 0.15) is 5.56 Å². The van der Waals surface area contributed by atoms with Gasteiger partial charge in [-0.1, -0.05) is 29.8 Å². The molecule has 4 nitrogen and oxygen atoms in total. The van der Waals surface area contributed by atoms with Crippen LogP contribution in [-0.4, -0.2) is 18.1 Å². The number of carbonyl (C=O) groups excluding carboxylic acids is 1. The number of aromatic nitrogens is 1. The molecule has 0 atom stereocenters. The summed E-state index contributed by atoms with van der Waals surface area (Å²) in [4.78, 5) is 17.6. The molecule has 1 amide bonds. The van der Waals surface area contributed by atoms with Gasteiger partial charge in [0.15, 0.2) is 0 Å². The monoisotopic (exact) mass is 406 g/mol. The molecule has 0 bridgehead atoms. The van der Waals surface area contributed by atoms with Gasteiger partial charge < -0.3 is 4.74 Å². The Hall–Kier alpha value is -3.06. The number of halogens is 4. The van der Waals surface area contributed by atoms with E-state index in [1.54, 1.807) is 36.7 Å². The van der Waals surface area contributed by atoms with Gasteiger partial charge in [0.1, 0.15) is 5.75 Å². The summed E-state index contributed by atoms with van der Waals surface area (Å²) in [6.45, 7) is 0. The minimum absolute atomic E-state index is 0.253. The van der Waals surface area contributed by atoms with Gasteiger partial charge in [0.25, 0.3) is 0 Å². The van der Waals surface area contributed by atoms with Gasteiger partial charge in [0.2, 0.25) is 0 Å². The summed E-state index contributed by atoms with van der Waals surface area (Å²) >= 11 is 5.58. The number of rotatable bonds is 3. The number of ether oxygens (including phenoxy) is 1. The Morgan fingerprint density at radius 2 is 1.82 bits per heavy atom. The van der Waals surface area contributed by atoms with Crippen LogP contribution in [0.15, 0.2) is 67.0 Å². The lowest BCUT2D eigenvalue weighted by molar-refractivity contribution is -0.137. The van der Waals surface area contributed by atoms with Crippen molar-refractivity contribution in [2.24, 2.45) is 0 Å². The number of carbonyl (C=O) groups is 1. The second-order valence-electron chi connectivity index (χ2n) is 5.86. The fraction of sp³-hybridized carbons (Fsp3) is 0.100. The number of alkyl halides is 3. The molecule has 28 heavy (non-hydrogen) atoms. The molecule has 0 aliphatic carbocycles. The van der Waals surface area contributed by atoms with Crippen molar-refractivity contribution < 1.29 is 22.7 Å². The molecule has 144 valence electrons. The summed E-state index contributed by atoms with van der Waals surface area (Å²) in [5, 5.41) is -0.468. The number of anilines is 1. The van der Waals surface area contributed by atoms with Crippen molar-refractivity contribution in [2.45, 2.75) is 6.18 Å². The maximum atomic E-state index is 13.0. The zero-order chi connectivity index (χ0) is 20.3. The predicted molar refractivity (Wildman–Crippen MR) is 101 cm³/mol. The summed E-state index contributed by atoms with van der Waals surface area (Å²) in [6.07, 6.45) is -2.15. The zero-order valence-corrected chi connectivity index (χ0v) is 15.3. The number of pyridine rings is 1. The Morgan fingerprint density at radius 1 is 1.07 bits per heavy atom. The molecule has 0 spiro atoms. The van der Waals surface area contributed by atoms with Gasteiger partial charge in [-0.15, -0.1) is 0 Å². The van der Waals surface area contributed by atoms with Crippen LogP contribution in [0.3, 0.4) is 0 Å². The van der Waals surface area contributed by atoms with E-state index in [4.69, 9.17) is 16.3 Å². The molecule has 0 aliphatic heterocycles. The second-order valence-corrected chi connectivity index (χ2v) is 6.27. The quantitative estimate of drug-likeness (QED) is 0.531. The minimum Gasteiger partial charge on any atom is -0.410 e. The van der Waals surface area contributed by atoms with Gasteiger partial charge in [-0.05, 0) is 42.0 Å². The highest BCUT2D eigenvalue weighted by atomic mass is 35.5. The van der Waals surface area contributed by atoms with Crippen LogP contribution in [0.5, 0.6) is 5.75 Å². The summed E-state index contributed by atoms with van der Waals surface area (Å²) in [6, 6.07) is 13.6. The molecule has 0 fully saturated rings. The molecule has 0 radical (unpaired) electrons. The van der Waals surface area contributed by atoms with E-state index < -0.39 is 22.9 Å². The van der Waals surface area contributed by atoms with E-state index in [2.05, 4.69) is 4.98 Å². The highest BCUT2D eigenvalue weighted by Gasteiger charge is 2.33. The highest BCUT2D eigenvalue weighted by Crippen LogP contribution is 2.37. The first-order valence-corrected chi connectivity index (χ1v) is 8.46. The Balaban J connectivity index is 1.81. The maximum Gasteiger partial charge on any atom is 0.419 e. The lowest BCUT2D eigenvalue weighted by Gasteiger charge is -2.18. The van der Waals surface area contributed by atoms with Gasteiger partial charge in [-0.2, -0.15) is 13.2 Å². The Kier molecular flexibility index (Phi) is 5.56. The van der Waals surface area contributed by atoms with Crippen molar-refractivity contribution in [3.05, 3.63) is 77.6 Å². The predicted octanol–water partition coefficient (Wildman–Crippen LogP) is 6.06. The van der Waals surface area contributed by atoms with E-state index in [9.17, 15) is 18.0 Å². The molecule has 0 unspecified atom stereocenters. The van der Waals surface area contributed by atoms with Crippen molar-refractivity contribution in [1.82, 2.24) is 4.98 Å². The van der Waals surface area contributed by atoms with Crippen molar-refractivity contribution in [1.29, 1.82) is 0 Å². The average Bonchev–Trinajstić information content (AvgIpc) is 2.68. The first kappa shape index (κ1) is 19.7. The summed E-state index contributed by atoms with van der Waals surface area (Å²) in [5.74, 6) is -0.253. The van der Waals surface area contributed by atoms with Crippen LogP contribution in [0.4, 0.5) is 23.7 Å². The molecule has 2 aromatic carbocycles. The molecule has 1 aromatic heterocycles. The summed E-state index contributed by atoms with van der Waals surface area (Å²) in [7, 11) is 1.46. The second kappa shape index (κ2) is 7.90. The third kappa shape index (κ3) is 4.43. The molecule has 3 aromatic rings. The van der Waals surface area contributed by atoms with Crippen molar-refractivity contribution >= 4 is 23.4 Å². The molecule has 0 N–H and O–H groups in total. The molecule has 8 heteroatoms. The van der Waals surface area contributed by atoms with E-state index in [-0.39, 0.29) is 5.75 Å². The standard InChI is InChI=1S/C20H14ClF3N2O2/c1-26(15-6-2-4-13(10-15)14-5-3-9-25-12-14)19(27)28-16-7-8-18(21)17(11-16)20(22,23)24/h2-12H,1H3. The fourth-order valence-corrected chi connectivity index (χ4v) is 2.71. The maximum absolute atomic E-state index is 13.0. The fourth-order valence-electron chi connectivity index (χ4n) is 2.49. The smallest absolute Gasteiger partial charge is 0.410 e. The van der Waals surface area contributed by atoms with Gasteiger partial charge in [0, 0.05) is 30.7 Å². The van der Waals surface area contributed by atoms with Gasteiger partial charge in [-0.3, -0.25) is 9.88 Å². The van der Waals surface area contributed by atoms with Crippen LogP contribution in [0, 0.1) is 0 Å². The highest BCUT2D eigenvalue weighted by molar-refractivity contribution is 6.31. The number of nitrogens with zero attached hydrogens (tertiary/aromatic N) is 2. The van der Waals surface area contributed by atoms with E-state index in [0.717, 1.165) is 17.2 Å². The topological polar surface area (TPSA) is 42.4 Å². The number of benzene rings is 2. The Morgan fingerprint density at radius 3 is 2.50 bits per heavy atom. The van der Waals surface area contributed by atoms with E-state index >= 15 is 0 Å². The van der Waals surface area contributed by atoms with Crippen molar-refractivity contribution in [2.75, 3.05) is 11.9 Å². The minimum atomic E-state index is -4.65. The summed E-state index contributed by atoms with van der Waals surface area (Å²) < 4.78 is 43.9. The molecule has 1 heterocycles. The van der Waals surface area contributed by atoms with Crippen molar-refractivity contribution in [3.8, 4) is 16.9 Å². The largest absolute Gasteiger partial charge is 0.419 e. The van der Waals surface area contributed by atoms with Crippen LogP contribution >= 0.6 is 11.6 Å². The van der Waals surface area contributed by atoms with E-state index in [1.807, 2.05) is 12.1 Å². The van der Waals surface area contributed by atoms with Gasteiger partial charge >= 0.3 is 12.3 Å². The molecular weight excluding hydrogens is 393 g/mol. The normalized spacial score (nSPS) is 11.2. The Labute approximate surface area is 164 Å². The van der Waals surface area contributed by atoms with Crippen LogP contribution in [0.25, 0.3) is 11.1 Å². The molecule has 3 rings (SSSR count). The first-order chi connectivity index (χ1) is 13.3. The van der Waals surface area contributed by atoms with Crippen LogP contribution < -0.4 is 9.64 Å². The molecule has 0 aliphatic rings. The molecule has 0 saturated heterocycles. The van der Waals surface area contributed by atoms with Crippen LogP contribution in [0.2, 0.25) is 5.02 Å². The lowest BCUT2D eigenvalue weighted by Crippen LogP contribution is -2.29. The van der Waals surface area contributed by atoms with Gasteiger partial charge in [-0.25, -0.2) is 4.79 Å². The van der Waals surface area contributed by atoms with Gasteiger partial charge in [0.05, 0.1) is 10.6 Å². The van der Waals surface area contributed by atoms with E-state index in [0.29, 0.717) is 11.8 Å². The number of hydrogen-bond donors (Lipinski definition) is 0. The molecule has 0 saturated carbocycles. The number of hydrogen-bond acceptors (Lipinski definition) is 3.